The number of ether oxygens (including phenoxy) is 1. The molecule has 1 aliphatic heterocycles. The number of hydrogen-bond donors (Lipinski definition) is 1. The molecule has 2 fully saturated rings. The van der Waals surface area contributed by atoms with E-state index >= 15 is 0 Å². The van der Waals surface area contributed by atoms with Crippen molar-refractivity contribution in [3.05, 3.63) is 42.1 Å². The summed E-state index contributed by atoms with van der Waals surface area (Å²) < 4.78 is 5.91. The Kier molecular flexibility index (Phi) is 3.37. The fourth-order valence-corrected chi connectivity index (χ4v) is 3.37. The second-order valence-corrected chi connectivity index (χ2v) is 5.99. The molecule has 1 aliphatic carbocycles. The third-order valence-corrected chi connectivity index (χ3v) is 4.56. The van der Waals surface area contributed by atoms with Gasteiger partial charge in [0.05, 0.1) is 30.0 Å². The maximum atomic E-state index is 5.95. The van der Waals surface area contributed by atoms with Gasteiger partial charge in [-0.2, -0.15) is 0 Å². The molecule has 2 unspecified atom stereocenters. The maximum Gasteiger partial charge on any atom is 0.0909 e. The minimum absolute atomic E-state index is 0.0491. The van der Waals surface area contributed by atoms with Gasteiger partial charge in [0.15, 0.2) is 0 Å². The second-order valence-electron chi connectivity index (χ2n) is 5.99. The van der Waals surface area contributed by atoms with Gasteiger partial charge in [-0.15, -0.1) is 0 Å². The van der Waals surface area contributed by atoms with Crippen LogP contribution >= 0.6 is 0 Å². The Balaban J connectivity index is 1.74. The number of nitrogens with two attached hydrogens (primary N) is 1. The summed E-state index contributed by atoms with van der Waals surface area (Å²) in [5.74, 6) is 0. The summed E-state index contributed by atoms with van der Waals surface area (Å²) in [6, 6.07) is 13.4. The van der Waals surface area contributed by atoms with Crippen molar-refractivity contribution in [2.45, 2.75) is 31.0 Å². The van der Waals surface area contributed by atoms with Crippen LogP contribution in [0.15, 0.2) is 36.4 Å². The minimum Gasteiger partial charge on any atom is -0.374 e. The molecule has 1 aromatic heterocycles. The molecule has 2 aliphatic rings. The number of para-hydroxylation sites is 1. The lowest BCUT2D eigenvalue weighted by molar-refractivity contribution is -0.0725. The zero-order valence-corrected chi connectivity index (χ0v) is 12.1. The average molecular weight is 283 g/mol. The summed E-state index contributed by atoms with van der Waals surface area (Å²) in [7, 11) is 0. The van der Waals surface area contributed by atoms with E-state index in [1.54, 1.807) is 0 Å². The minimum atomic E-state index is 0.0491. The number of hydrogen-bond acceptors (Lipinski definition) is 4. The van der Waals surface area contributed by atoms with Gasteiger partial charge >= 0.3 is 0 Å². The number of benzene rings is 1. The van der Waals surface area contributed by atoms with Gasteiger partial charge in [-0.1, -0.05) is 24.3 Å². The Morgan fingerprint density at radius 1 is 1.19 bits per heavy atom. The third kappa shape index (κ3) is 2.44. The first kappa shape index (κ1) is 13.2. The maximum absolute atomic E-state index is 5.95. The highest BCUT2D eigenvalue weighted by molar-refractivity contribution is 5.78. The highest BCUT2D eigenvalue weighted by Gasteiger charge is 2.41. The molecule has 0 bridgehead atoms. The van der Waals surface area contributed by atoms with Crippen LogP contribution in [-0.4, -0.2) is 41.7 Å². The fourth-order valence-electron chi connectivity index (χ4n) is 3.37. The van der Waals surface area contributed by atoms with Crippen LogP contribution in [-0.2, 0) is 4.74 Å². The van der Waals surface area contributed by atoms with Gasteiger partial charge in [-0.25, -0.2) is 0 Å². The zero-order valence-electron chi connectivity index (χ0n) is 12.1. The summed E-state index contributed by atoms with van der Waals surface area (Å²) in [6.45, 7) is 2.31. The number of pyridine rings is 1. The largest absolute Gasteiger partial charge is 0.374 e. The van der Waals surface area contributed by atoms with Crippen molar-refractivity contribution in [3.8, 4) is 0 Å². The first-order chi connectivity index (χ1) is 10.4. The molecule has 4 rings (SSSR count). The van der Waals surface area contributed by atoms with E-state index in [9.17, 15) is 0 Å². The van der Waals surface area contributed by atoms with E-state index in [1.165, 1.54) is 18.2 Å². The van der Waals surface area contributed by atoms with Crippen molar-refractivity contribution in [2.24, 2.45) is 5.73 Å². The van der Waals surface area contributed by atoms with Crippen LogP contribution in [0.4, 0.5) is 0 Å². The lowest BCUT2D eigenvalue weighted by Gasteiger charge is -2.40. The molecular formula is C17H21N3O. The molecule has 4 nitrogen and oxygen atoms in total. The van der Waals surface area contributed by atoms with Crippen molar-refractivity contribution >= 4 is 10.9 Å². The van der Waals surface area contributed by atoms with E-state index in [-0.39, 0.29) is 12.1 Å². The van der Waals surface area contributed by atoms with Gasteiger partial charge in [0.2, 0.25) is 0 Å². The molecule has 1 saturated heterocycles. The molecule has 1 saturated carbocycles. The van der Waals surface area contributed by atoms with Gasteiger partial charge in [0.1, 0.15) is 0 Å². The quantitative estimate of drug-likeness (QED) is 0.937. The number of fused-ring (bicyclic) bond motifs is 1. The van der Waals surface area contributed by atoms with Crippen LogP contribution in [0.25, 0.3) is 10.9 Å². The Morgan fingerprint density at radius 2 is 2.05 bits per heavy atom. The van der Waals surface area contributed by atoms with Crippen LogP contribution in [0, 0.1) is 0 Å². The Morgan fingerprint density at radius 3 is 2.86 bits per heavy atom. The van der Waals surface area contributed by atoms with Gasteiger partial charge in [0, 0.05) is 24.5 Å². The fraction of sp³-hybridized carbons (Fsp3) is 0.471. The van der Waals surface area contributed by atoms with E-state index in [4.69, 9.17) is 15.5 Å². The van der Waals surface area contributed by atoms with Crippen LogP contribution in [0.3, 0.4) is 0 Å². The molecule has 4 heteroatoms. The molecule has 2 aromatic rings. The molecule has 2 heterocycles. The number of aromatic nitrogens is 1. The molecule has 110 valence electrons. The van der Waals surface area contributed by atoms with Crippen molar-refractivity contribution < 1.29 is 4.74 Å². The molecule has 21 heavy (non-hydrogen) atoms. The van der Waals surface area contributed by atoms with Gasteiger partial charge in [-0.3, -0.25) is 9.88 Å². The van der Waals surface area contributed by atoms with Crippen LogP contribution in [0.5, 0.6) is 0 Å². The monoisotopic (exact) mass is 283 g/mol. The molecule has 2 atom stereocenters. The van der Waals surface area contributed by atoms with Crippen molar-refractivity contribution in [1.82, 2.24) is 9.88 Å². The number of morpholine rings is 1. The lowest BCUT2D eigenvalue weighted by atomic mass is 10.0. The van der Waals surface area contributed by atoms with Crippen molar-refractivity contribution in [3.63, 3.8) is 0 Å². The van der Waals surface area contributed by atoms with Gasteiger partial charge < -0.3 is 10.5 Å². The Labute approximate surface area is 124 Å². The third-order valence-electron chi connectivity index (χ3n) is 4.56. The Hall–Kier alpha value is -1.49. The second kappa shape index (κ2) is 5.37. The summed E-state index contributed by atoms with van der Waals surface area (Å²) in [4.78, 5) is 7.43. The first-order valence-corrected chi connectivity index (χ1v) is 7.80. The van der Waals surface area contributed by atoms with Crippen LogP contribution in [0.1, 0.15) is 24.6 Å². The normalized spacial score (nSPS) is 27.1. The number of nitrogens with zero attached hydrogens (tertiary/aromatic N) is 2. The molecule has 1 aromatic carbocycles. The smallest absolute Gasteiger partial charge is 0.0909 e. The summed E-state index contributed by atoms with van der Waals surface area (Å²) in [6.07, 6.45) is 2.64. The first-order valence-electron chi connectivity index (χ1n) is 7.80. The molecule has 0 amide bonds. The average Bonchev–Trinajstić information content (AvgIpc) is 3.38. The van der Waals surface area contributed by atoms with Crippen LogP contribution < -0.4 is 5.73 Å². The highest BCUT2D eigenvalue weighted by Crippen LogP contribution is 2.38. The number of rotatable bonds is 3. The highest BCUT2D eigenvalue weighted by atomic mass is 16.5. The van der Waals surface area contributed by atoms with E-state index in [0.717, 1.165) is 24.4 Å². The molecule has 2 N–H and O–H groups in total. The predicted octanol–water partition coefficient (Wildman–Crippen LogP) is 2.10. The Bertz CT molecular complexity index is 641. The summed E-state index contributed by atoms with van der Waals surface area (Å²) in [5, 5.41) is 1.18. The lowest BCUT2D eigenvalue weighted by Crippen LogP contribution is -2.49. The van der Waals surface area contributed by atoms with Gasteiger partial charge in [-0.05, 0) is 25.0 Å². The van der Waals surface area contributed by atoms with Crippen molar-refractivity contribution in [2.75, 3.05) is 19.7 Å². The zero-order chi connectivity index (χ0) is 14.2. The van der Waals surface area contributed by atoms with Crippen LogP contribution in [0.2, 0.25) is 0 Å². The van der Waals surface area contributed by atoms with Gasteiger partial charge in [0.25, 0.3) is 0 Å². The van der Waals surface area contributed by atoms with E-state index < -0.39 is 0 Å². The van der Waals surface area contributed by atoms with E-state index in [1.807, 2.05) is 12.1 Å². The van der Waals surface area contributed by atoms with E-state index in [0.29, 0.717) is 12.6 Å². The van der Waals surface area contributed by atoms with E-state index in [2.05, 4.69) is 29.2 Å². The predicted molar refractivity (Wildman–Crippen MR) is 83.0 cm³/mol. The molecule has 0 spiro atoms. The van der Waals surface area contributed by atoms with Crippen molar-refractivity contribution in [1.29, 1.82) is 0 Å². The SMILES string of the molecule is NCC1OCCN(C2CC2)C1c1ccc2ccccc2n1. The summed E-state index contributed by atoms with van der Waals surface area (Å²) in [5.41, 5.74) is 8.09. The summed E-state index contributed by atoms with van der Waals surface area (Å²) >= 11 is 0. The molecule has 0 radical (unpaired) electrons. The molecular weight excluding hydrogens is 262 g/mol. The standard InChI is InChI=1S/C17H21N3O/c18-11-16-17(20(9-10-21-16)13-6-7-13)15-8-5-12-3-1-2-4-14(12)19-15/h1-5,8,13,16-17H,6-7,9-11,18H2. The topological polar surface area (TPSA) is 51.4 Å².